The minimum atomic E-state index is -0.135. The fourth-order valence-corrected chi connectivity index (χ4v) is 1.77. The highest BCUT2D eigenvalue weighted by molar-refractivity contribution is 6.32. The van der Waals surface area contributed by atoms with Crippen LogP contribution in [0.2, 0.25) is 5.02 Å². The molecule has 0 heterocycles. The van der Waals surface area contributed by atoms with Gasteiger partial charge in [0.25, 0.3) is 0 Å². The monoisotopic (exact) mass is 241 g/mol. The Balaban J connectivity index is 2.96. The van der Waals surface area contributed by atoms with E-state index in [1.807, 2.05) is 6.92 Å². The van der Waals surface area contributed by atoms with Crippen molar-refractivity contribution in [3.8, 4) is 5.75 Å². The molecule has 4 heteroatoms. The van der Waals surface area contributed by atoms with Crippen LogP contribution in [-0.4, -0.2) is 19.4 Å². The van der Waals surface area contributed by atoms with Crippen LogP contribution in [-0.2, 0) is 0 Å². The Morgan fingerprint density at radius 2 is 2.25 bits per heavy atom. The highest BCUT2D eigenvalue weighted by atomic mass is 35.5. The lowest BCUT2D eigenvalue weighted by molar-refractivity contribution is 0.0921. The molecule has 1 rings (SSSR count). The van der Waals surface area contributed by atoms with Gasteiger partial charge in [-0.1, -0.05) is 18.5 Å². The molecule has 1 aromatic rings. The number of nitrogens with two attached hydrogens (primary N) is 1. The fourth-order valence-electron chi connectivity index (χ4n) is 1.51. The molecule has 1 aromatic carbocycles. The normalized spacial score (nSPS) is 12.2. The van der Waals surface area contributed by atoms with Crippen molar-refractivity contribution < 1.29 is 9.53 Å². The van der Waals surface area contributed by atoms with E-state index in [9.17, 15) is 4.79 Å². The lowest BCUT2D eigenvalue weighted by atomic mass is 9.95. The van der Waals surface area contributed by atoms with E-state index >= 15 is 0 Å². The molecular formula is C12H16ClNO2. The summed E-state index contributed by atoms with van der Waals surface area (Å²) in [5, 5.41) is 0.445. The summed E-state index contributed by atoms with van der Waals surface area (Å²) in [5.74, 6) is 0.470. The zero-order chi connectivity index (χ0) is 12.1. The van der Waals surface area contributed by atoms with Gasteiger partial charge >= 0.3 is 0 Å². The second-order valence-corrected chi connectivity index (χ2v) is 3.96. The molecule has 0 bridgehead atoms. The van der Waals surface area contributed by atoms with Crippen molar-refractivity contribution >= 4 is 17.4 Å². The highest BCUT2D eigenvalue weighted by Gasteiger charge is 2.17. The summed E-state index contributed by atoms with van der Waals surface area (Å²) in [6.07, 6.45) is 0.735. The first-order valence-corrected chi connectivity index (χ1v) is 5.59. The molecule has 0 aliphatic carbocycles. The van der Waals surface area contributed by atoms with Gasteiger partial charge in [-0.2, -0.15) is 0 Å². The van der Waals surface area contributed by atoms with Gasteiger partial charge in [0.05, 0.1) is 12.1 Å². The van der Waals surface area contributed by atoms with Crippen molar-refractivity contribution in [3.05, 3.63) is 28.8 Å². The van der Waals surface area contributed by atoms with Gasteiger partial charge in [-0.25, -0.2) is 0 Å². The van der Waals surface area contributed by atoms with Gasteiger partial charge in [0.1, 0.15) is 5.75 Å². The summed E-state index contributed by atoms with van der Waals surface area (Å²) in [7, 11) is 1.54. The fraction of sp³-hybridized carbons (Fsp3) is 0.417. The molecule has 0 aromatic heterocycles. The van der Waals surface area contributed by atoms with E-state index < -0.39 is 0 Å². The van der Waals surface area contributed by atoms with Crippen LogP contribution >= 0.6 is 11.6 Å². The number of hydrogen-bond acceptors (Lipinski definition) is 3. The van der Waals surface area contributed by atoms with E-state index in [1.54, 1.807) is 18.2 Å². The molecule has 0 radical (unpaired) electrons. The number of rotatable bonds is 5. The number of methoxy groups -OCH3 is 1. The van der Waals surface area contributed by atoms with Crippen LogP contribution in [0.15, 0.2) is 18.2 Å². The van der Waals surface area contributed by atoms with Crippen LogP contribution < -0.4 is 10.5 Å². The molecule has 0 aliphatic heterocycles. The summed E-state index contributed by atoms with van der Waals surface area (Å²) in [5.41, 5.74) is 6.12. The Kier molecular flexibility index (Phi) is 4.77. The van der Waals surface area contributed by atoms with E-state index in [1.165, 1.54) is 7.11 Å². The Bertz CT molecular complexity index is 375. The number of carbonyl (C=O) groups excluding carboxylic acids is 1. The zero-order valence-corrected chi connectivity index (χ0v) is 10.3. The lowest BCUT2D eigenvalue weighted by Gasteiger charge is -2.11. The average molecular weight is 242 g/mol. The summed E-state index contributed by atoms with van der Waals surface area (Å²) < 4.78 is 5.02. The summed E-state index contributed by atoms with van der Waals surface area (Å²) in [6.45, 7) is 2.31. The average Bonchev–Trinajstić information content (AvgIpc) is 2.30. The second-order valence-electron chi connectivity index (χ2n) is 3.55. The minimum absolute atomic E-state index is 0.0366. The first-order chi connectivity index (χ1) is 7.63. The van der Waals surface area contributed by atoms with Crippen LogP contribution in [0.5, 0.6) is 5.75 Å². The predicted molar refractivity (Wildman–Crippen MR) is 65.2 cm³/mol. The molecule has 3 nitrogen and oxygen atoms in total. The molecule has 0 fully saturated rings. The van der Waals surface area contributed by atoms with E-state index in [0.29, 0.717) is 22.9 Å². The molecule has 2 N–H and O–H groups in total. The highest BCUT2D eigenvalue weighted by Crippen LogP contribution is 2.26. The maximum Gasteiger partial charge on any atom is 0.167 e. The maximum atomic E-state index is 12.0. The van der Waals surface area contributed by atoms with Crippen LogP contribution in [0.3, 0.4) is 0 Å². The third kappa shape index (κ3) is 2.74. The summed E-state index contributed by atoms with van der Waals surface area (Å²) >= 11 is 5.96. The Labute approximate surface area is 101 Å². The Hall–Kier alpha value is -1.06. The molecule has 1 atom stereocenters. The van der Waals surface area contributed by atoms with Crippen LogP contribution in [0.25, 0.3) is 0 Å². The first kappa shape index (κ1) is 13.0. The zero-order valence-electron chi connectivity index (χ0n) is 9.50. The quantitative estimate of drug-likeness (QED) is 0.806. The van der Waals surface area contributed by atoms with E-state index in [-0.39, 0.29) is 11.7 Å². The topological polar surface area (TPSA) is 52.3 Å². The molecule has 88 valence electrons. The largest absolute Gasteiger partial charge is 0.495 e. The standard InChI is InChI=1S/C12H16ClNO2/c1-3-8(7-14)12(15)9-4-5-11(16-2)10(13)6-9/h4-6,8H,3,7,14H2,1-2H3. The first-order valence-electron chi connectivity index (χ1n) is 5.21. The summed E-state index contributed by atoms with van der Waals surface area (Å²) in [4.78, 5) is 12.0. The maximum absolute atomic E-state index is 12.0. The third-order valence-electron chi connectivity index (χ3n) is 2.58. The Morgan fingerprint density at radius 3 is 2.69 bits per heavy atom. The number of benzene rings is 1. The SMILES string of the molecule is CCC(CN)C(=O)c1ccc(OC)c(Cl)c1. The number of carbonyl (C=O) groups is 1. The second kappa shape index (κ2) is 5.87. The van der Waals surface area contributed by atoms with Gasteiger partial charge < -0.3 is 10.5 Å². The van der Waals surface area contributed by atoms with Crippen LogP contribution in [0.4, 0.5) is 0 Å². The van der Waals surface area contributed by atoms with Crippen LogP contribution in [0, 0.1) is 5.92 Å². The Morgan fingerprint density at radius 1 is 1.56 bits per heavy atom. The number of hydrogen-bond donors (Lipinski definition) is 1. The van der Waals surface area contributed by atoms with Crippen molar-refractivity contribution in [3.63, 3.8) is 0 Å². The number of ether oxygens (including phenoxy) is 1. The molecule has 0 aliphatic rings. The number of Topliss-reactive ketones (excluding diaryl/α,β-unsaturated/α-hetero) is 1. The minimum Gasteiger partial charge on any atom is -0.495 e. The molecule has 16 heavy (non-hydrogen) atoms. The van der Waals surface area contributed by atoms with Gasteiger partial charge in [-0.3, -0.25) is 4.79 Å². The molecule has 0 saturated carbocycles. The van der Waals surface area contributed by atoms with Crippen molar-refractivity contribution in [2.75, 3.05) is 13.7 Å². The van der Waals surface area contributed by atoms with Gasteiger partial charge in [-0.05, 0) is 24.6 Å². The van der Waals surface area contributed by atoms with Crippen molar-refractivity contribution in [2.24, 2.45) is 11.7 Å². The predicted octanol–water partition coefficient (Wildman–Crippen LogP) is 2.52. The third-order valence-corrected chi connectivity index (χ3v) is 2.88. The molecule has 0 saturated heterocycles. The number of halogens is 1. The molecule has 1 unspecified atom stereocenters. The van der Waals surface area contributed by atoms with Gasteiger partial charge in [-0.15, -0.1) is 0 Å². The molecule has 0 spiro atoms. The van der Waals surface area contributed by atoms with Gasteiger partial charge in [0.2, 0.25) is 0 Å². The number of ketones is 1. The van der Waals surface area contributed by atoms with Crippen LogP contribution in [0.1, 0.15) is 23.7 Å². The summed E-state index contributed by atoms with van der Waals surface area (Å²) in [6, 6.07) is 5.03. The van der Waals surface area contributed by atoms with E-state index in [0.717, 1.165) is 6.42 Å². The lowest BCUT2D eigenvalue weighted by Crippen LogP contribution is -2.23. The smallest absolute Gasteiger partial charge is 0.167 e. The van der Waals surface area contributed by atoms with Gasteiger partial charge in [0, 0.05) is 18.0 Å². The van der Waals surface area contributed by atoms with Gasteiger partial charge in [0.15, 0.2) is 5.78 Å². The van der Waals surface area contributed by atoms with E-state index in [4.69, 9.17) is 22.1 Å². The molecular weight excluding hydrogens is 226 g/mol. The van der Waals surface area contributed by atoms with Crippen molar-refractivity contribution in [2.45, 2.75) is 13.3 Å². The van der Waals surface area contributed by atoms with Crippen molar-refractivity contribution in [1.29, 1.82) is 0 Å². The van der Waals surface area contributed by atoms with Crippen molar-refractivity contribution in [1.82, 2.24) is 0 Å². The van der Waals surface area contributed by atoms with E-state index in [2.05, 4.69) is 0 Å². The molecule has 0 amide bonds.